The molecule has 2 nitrogen and oxygen atoms in total. The Morgan fingerprint density at radius 2 is 1.94 bits per heavy atom. The van der Waals surface area contributed by atoms with Crippen molar-refractivity contribution in [3.63, 3.8) is 0 Å². The molecular weight excluding hydrogens is 240 g/mol. The van der Waals surface area contributed by atoms with Crippen molar-refractivity contribution in [2.45, 2.75) is 20.3 Å². The SMILES string of the molecule is CCc1ccc(-c2[nH]c(=S)c(C#N)cc2C)cc1. The van der Waals surface area contributed by atoms with Crippen molar-refractivity contribution in [3.05, 3.63) is 51.7 Å². The summed E-state index contributed by atoms with van der Waals surface area (Å²) in [6.45, 7) is 4.12. The second kappa shape index (κ2) is 5.16. The number of nitrogens with one attached hydrogen (secondary N) is 1. The molecule has 1 aromatic carbocycles. The fourth-order valence-corrected chi connectivity index (χ4v) is 2.13. The Hall–Kier alpha value is -1.92. The molecule has 0 radical (unpaired) electrons. The van der Waals surface area contributed by atoms with Crippen LogP contribution in [-0.2, 0) is 6.42 Å². The fourth-order valence-electron chi connectivity index (χ4n) is 1.92. The number of hydrogen-bond acceptors (Lipinski definition) is 2. The molecule has 0 aliphatic carbocycles. The van der Waals surface area contributed by atoms with Crippen molar-refractivity contribution in [1.29, 1.82) is 5.26 Å². The van der Waals surface area contributed by atoms with Crippen LogP contribution in [0.15, 0.2) is 30.3 Å². The molecule has 0 amide bonds. The van der Waals surface area contributed by atoms with Crippen LogP contribution in [0.2, 0.25) is 0 Å². The number of pyridine rings is 1. The first-order valence-electron chi connectivity index (χ1n) is 5.89. The van der Waals surface area contributed by atoms with Gasteiger partial charge in [0.2, 0.25) is 0 Å². The summed E-state index contributed by atoms with van der Waals surface area (Å²) in [7, 11) is 0. The van der Waals surface area contributed by atoms with Crippen LogP contribution in [0.1, 0.15) is 23.6 Å². The first kappa shape index (κ1) is 12.5. The van der Waals surface area contributed by atoms with Crippen LogP contribution in [0.5, 0.6) is 0 Å². The third kappa shape index (κ3) is 2.34. The summed E-state index contributed by atoms with van der Waals surface area (Å²) in [6, 6.07) is 12.3. The average molecular weight is 254 g/mol. The Balaban J connectivity index is 2.54. The first-order valence-corrected chi connectivity index (χ1v) is 6.30. The zero-order valence-corrected chi connectivity index (χ0v) is 11.3. The van der Waals surface area contributed by atoms with E-state index < -0.39 is 0 Å². The van der Waals surface area contributed by atoms with E-state index in [1.807, 2.05) is 13.0 Å². The van der Waals surface area contributed by atoms with Gasteiger partial charge in [-0.3, -0.25) is 0 Å². The summed E-state index contributed by atoms with van der Waals surface area (Å²) in [6.07, 6.45) is 1.03. The number of nitriles is 1. The molecule has 1 N–H and O–H groups in total. The van der Waals surface area contributed by atoms with Crippen molar-refractivity contribution in [3.8, 4) is 17.3 Å². The van der Waals surface area contributed by atoms with E-state index in [-0.39, 0.29) is 0 Å². The summed E-state index contributed by atoms with van der Waals surface area (Å²) in [5.41, 5.74) is 4.95. The molecule has 0 fully saturated rings. The van der Waals surface area contributed by atoms with E-state index in [2.05, 4.69) is 42.2 Å². The van der Waals surface area contributed by atoms with Crippen LogP contribution < -0.4 is 0 Å². The molecule has 0 saturated carbocycles. The Kier molecular flexibility index (Phi) is 3.59. The monoisotopic (exact) mass is 254 g/mol. The van der Waals surface area contributed by atoms with Gasteiger partial charge in [-0.25, -0.2) is 0 Å². The second-order valence-corrected chi connectivity index (χ2v) is 4.64. The number of nitrogens with zero attached hydrogens (tertiary/aromatic N) is 1. The molecule has 0 bridgehead atoms. The Bertz CT molecular complexity index is 660. The third-order valence-corrected chi connectivity index (χ3v) is 3.33. The lowest BCUT2D eigenvalue weighted by Gasteiger charge is -2.08. The Morgan fingerprint density at radius 1 is 1.28 bits per heavy atom. The van der Waals surface area contributed by atoms with E-state index in [1.165, 1.54) is 5.56 Å². The quantitative estimate of drug-likeness (QED) is 0.818. The molecule has 0 atom stereocenters. The molecule has 0 spiro atoms. The molecule has 0 aliphatic rings. The second-order valence-electron chi connectivity index (χ2n) is 4.23. The minimum absolute atomic E-state index is 0.498. The molecule has 1 aromatic heterocycles. The maximum Gasteiger partial charge on any atom is 0.121 e. The van der Waals surface area contributed by atoms with E-state index in [1.54, 1.807) is 0 Å². The van der Waals surface area contributed by atoms with Crippen LogP contribution >= 0.6 is 12.2 Å². The van der Waals surface area contributed by atoms with Crippen LogP contribution in [0.25, 0.3) is 11.3 Å². The molecule has 90 valence electrons. The average Bonchev–Trinajstić information content (AvgIpc) is 2.41. The standard InChI is InChI=1S/C15H14N2S/c1-3-11-4-6-12(7-5-11)14-10(2)8-13(9-16)15(18)17-14/h4-8H,3H2,1-2H3,(H,17,18). The highest BCUT2D eigenvalue weighted by Crippen LogP contribution is 2.22. The van der Waals surface area contributed by atoms with Gasteiger partial charge in [0, 0.05) is 5.69 Å². The number of rotatable bonds is 2. The number of benzene rings is 1. The summed E-state index contributed by atoms with van der Waals surface area (Å²) in [4.78, 5) is 3.14. The predicted molar refractivity (Wildman–Crippen MR) is 75.9 cm³/mol. The highest BCUT2D eigenvalue weighted by Gasteiger charge is 2.05. The number of aromatic nitrogens is 1. The highest BCUT2D eigenvalue weighted by molar-refractivity contribution is 7.71. The van der Waals surface area contributed by atoms with Gasteiger partial charge in [-0.1, -0.05) is 43.4 Å². The van der Waals surface area contributed by atoms with E-state index >= 15 is 0 Å². The summed E-state index contributed by atoms with van der Waals surface area (Å²) >= 11 is 5.17. The Morgan fingerprint density at radius 3 is 2.50 bits per heavy atom. The van der Waals surface area contributed by atoms with Crippen molar-refractivity contribution < 1.29 is 0 Å². The lowest BCUT2D eigenvalue weighted by Crippen LogP contribution is -1.92. The van der Waals surface area contributed by atoms with Gasteiger partial charge in [0.25, 0.3) is 0 Å². The molecule has 0 aliphatic heterocycles. The van der Waals surface area contributed by atoms with E-state index in [0.717, 1.165) is 23.2 Å². The normalized spacial score (nSPS) is 10.1. The summed E-state index contributed by atoms with van der Waals surface area (Å²) in [5, 5.41) is 8.94. The largest absolute Gasteiger partial charge is 0.345 e. The van der Waals surface area contributed by atoms with Crippen molar-refractivity contribution >= 4 is 12.2 Å². The molecule has 2 rings (SSSR count). The number of aromatic amines is 1. The van der Waals surface area contributed by atoms with Crippen LogP contribution in [0, 0.1) is 22.9 Å². The van der Waals surface area contributed by atoms with Gasteiger partial charge in [-0.15, -0.1) is 0 Å². The van der Waals surface area contributed by atoms with Gasteiger partial charge < -0.3 is 4.98 Å². The van der Waals surface area contributed by atoms with Gasteiger partial charge in [-0.05, 0) is 36.1 Å². The van der Waals surface area contributed by atoms with Gasteiger partial charge in [0.15, 0.2) is 0 Å². The van der Waals surface area contributed by atoms with Gasteiger partial charge >= 0.3 is 0 Å². The van der Waals surface area contributed by atoms with Crippen molar-refractivity contribution in [1.82, 2.24) is 4.98 Å². The van der Waals surface area contributed by atoms with Crippen LogP contribution in [0.4, 0.5) is 0 Å². The number of aryl methyl sites for hydroxylation is 2. The molecule has 3 heteroatoms. The van der Waals surface area contributed by atoms with Gasteiger partial charge in [0.05, 0.1) is 5.56 Å². The molecule has 1 heterocycles. The first-order chi connectivity index (χ1) is 8.65. The van der Waals surface area contributed by atoms with E-state index in [4.69, 9.17) is 17.5 Å². The topological polar surface area (TPSA) is 39.6 Å². The number of H-pyrrole nitrogens is 1. The predicted octanol–water partition coefficient (Wildman–Crippen LogP) is 4.15. The molecule has 18 heavy (non-hydrogen) atoms. The van der Waals surface area contributed by atoms with Gasteiger partial charge in [0.1, 0.15) is 10.7 Å². The zero-order valence-electron chi connectivity index (χ0n) is 10.4. The van der Waals surface area contributed by atoms with E-state index in [9.17, 15) is 0 Å². The van der Waals surface area contributed by atoms with Crippen LogP contribution in [0.3, 0.4) is 0 Å². The molecular formula is C15H14N2S. The number of hydrogen-bond donors (Lipinski definition) is 1. The fraction of sp³-hybridized carbons (Fsp3) is 0.200. The minimum Gasteiger partial charge on any atom is -0.345 e. The maximum atomic E-state index is 8.94. The minimum atomic E-state index is 0.498. The Labute approximate surface area is 112 Å². The summed E-state index contributed by atoms with van der Waals surface area (Å²) in [5.74, 6) is 0. The van der Waals surface area contributed by atoms with Crippen LogP contribution in [-0.4, -0.2) is 4.98 Å². The zero-order chi connectivity index (χ0) is 13.1. The summed E-state index contributed by atoms with van der Waals surface area (Å²) < 4.78 is 0.498. The van der Waals surface area contributed by atoms with E-state index in [0.29, 0.717) is 10.2 Å². The molecule has 0 saturated heterocycles. The molecule has 0 unspecified atom stereocenters. The van der Waals surface area contributed by atoms with Gasteiger partial charge in [-0.2, -0.15) is 5.26 Å². The highest BCUT2D eigenvalue weighted by atomic mass is 32.1. The third-order valence-electron chi connectivity index (χ3n) is 3.01. The lowest BCUT2D eigenvalue weighted by atomic mass is 10.0. The smallest absolute Gasteiger partial charge is 0.121 e. The van der Waals surface area contributed by atoms with Crippen molar-refractivity contribution in [2.75, 3.05) is 0 Å². The lowest BCUT2D eigenvalue weighted by molar-refractivity contribution is 1.14. The maximum absolute atomic E-state index is 8.94. The molecule has 2 aromatic rings. The van der Waals surface area contributed by atoms with Crippen molar-refractivity contribution in [2.24, 2.45) is 0 Å².